The van der Waals surface area contributed by atoms with Gasteiger partial charge in [-0.15, -0.1) is 5.10 Å². The molecule has 1 heterocycles. The van der Waals surface area contributed by atoms with Crippen LogP contribution in [0.5, 0.6) is 0 Å². The van der Waals surface area contributed by atoms with Gasteiger partial charge in [0.1, 0.15) is 6.54 Å². The molecule has 0 spiro atoms. The lowest BCUT2D eigenvalue weighted by molar-refractivity contribution is -0.119. The molecule has 0 aliphatic rings. The topological polar surface area (TPSA) is 73.8 Å². The molecule has 0 fully saturated rings. The number of ketones is 1. The second kappa shape index (κ2) is 5.65. The number of carbonyl (C=O) groups is 1. The predicted octanol–water partition coefficient (Wildman–Crippen LogP) is 1.80. The lowest BCUT2D eigenvalue weighted by atomic mass is 10.1. The Morgan fingerprint density at radius 1 is 1.32 bits per heavy atom. The minimum Gasteiger partial charge on any atom is -0.399 e. The first-order valence-electron chi connectivity index (χ1n) is 6.30. The maximum Gasteiger partial charge on any atom is 0.158 e. The van der Waals surface area contributed by atoms with E-state index in [4.69, 9.17) is 5.73 Å². The van der Waals surface area contributed by atoms with E-state index >= 15 is 0 Å². The van der Waals surface area contributed by atoms with Gasteiger partial charge in [0.25, 0.3) is 0 Å². The molecular formula is C14H18N4O. The van der Waals surface area contributed by atoms with Gasteiger partial charge in [-0.2, -0.15) is 0 Å². The first kappa shape index (κ1) is 13.3. The highest BCUT2D eigenvalue weighted by Crippen LogP contribution is 2.10. The molecule has 2 N–H and O–H groups in total. The van der Waals surface area contributed by atoms with Crippen molar-refractivity contribution in [3.8, 4) is 0 Å². The normalized spacial score (nSPS) is 10.9. The zero-order valence-electron chi connectivity index (χ0n) is 11.2. The van der Waals surface area contributed by atoms with Crippen molar-refractivity contribution in [2.45, 2.75) is 32.7 Å². The van der Waals surface area contributed by atoms with Crippen LogP contribution in [0.1, 0.15) is 31.0 Å². The minimum absolute atomic E-state index is 0.102. The van der Waals surface area contributed by atoms with Crippen molar-refractivity contribution in [3.05, 3.63) is 41.7 Å². The SMILES string of the molecule is CC(C)c1cn(CC(=O)Cc2ccc(N)cc2)nn1. The minimum atomic E-state index is 0.102. The monoisotopic (exact) mass is 258 g/mol. The zero-order chi connectivity index (χ0) is 13.8. The molecule has 1 aromatic carbocycles. The lowest BCUT2D eigenvalue weighted by Crippen LogP contribution is -2.13. The summed E-state index contributed by atoms with van der Waals surface area (Å²) in [6.07, 6.45) is 2.21. The molecule has 0 aliphatic heterocycles. The summed E-state index contributed by atoms with van der Waals surface area (Å²) < 4.78 is 1.59. The molecule has 2 aromatic rings. The Labute approximate surface area is 112 Å². The Morgan fingerprint density at radius 3 is 2.58 bits per heavy atom. The van der Waals surface area contributed by atoms with Crippen molar-refractivity contribution in [3.63, 3.8) is 0 Å². The van der Waals surface area contributed by atoms with Crippen molar-refractivity contribution in [2.75, 3.05) is 5.73 Å². The molecule has 1 aromatic heterocycles. The maximum atomic E-state index is 11.9. The van der Waals surface area contributed by atoms with E-state index in [1.165, 1.54) is 0 Å². The van der Waals surface area contributed by atoms with Gasteiger partial charge in [0.05, 0.1) is 5.69 Å². The van der Waals surface area contributed by atoms with Crippen LogP contribution < -0.4 is 5.73 Å². The second-order valence-corrected chi connectivity index (χ2v) is 4.95. The van der Waals surface area contributed by atoms with Gasteiger partial charge in [-0.1, -0.05) is 31.2 Å². The van der Waals surface area contributed by atoms with Crippen LogP contribution in [-0.2, 0) is 17.8 Å². The largest absolute Gasteiger partial charge is 0.399 e. The fourth-order valence-electron chi connectivity index (χ4n) is 1.75. The maximum absolute atomic E-state index is 11.9. The van der Waals surface area contributed by atoms with Gasteiger partial charge in [-0.25, -0.2) is 4.68 Å². The van der Waals surface area contributed by atoms with Crippen LogP contribution in [-0.4, -0.2) is 20.8 Å². The lowest BCUT2D eigenvalue weighted by Gasteiger charge is -2.02. The first-order valence-corrected chi connectivity index (χ1v) is 6.30. The number of Topliss-reactive ketones (excluding diaryl/α,β-unsaturated/α-hetero) is 1. The van der Waals surface area contributed by atoms with E-state index in [1.807, 2.05) is 32.2 Å². The summed E-state index contributed by atoms with van der Waals surface area (Å²) in [7, 11) is 0. The van der Waals surface area contributed by atoms with Gasteiger partial charge in [0.2, 0.25) is 0 Å². The third-order valence-corrected chi connectivity index (χ3v) is 2.87. The number of nitrogen functional groups attached to an aromatic ring is 1. The van der Waals surface area contributed by atoms with Crippen molar-refractivity contribution >= 4 is 11.5 Å². The Balaban J connectivity index is 1.95. The summed E-state index contributed by atoms with van der Waals surface area (Å²) >= 11 is 0. The van der Waals surface area contributed by atoms with Crippen molar-refractivity contribution in [1.29, 1.82) is 0 Å². The Bertz CT molecular complexity index is 557. The molecule has 0 amide bonds. The highest BCUT2D eigenvalue weighted by Gasteiger charge is 2.09. The van der Waals surface area contributed by atoms with Crippen LogP contribution in [0.2, 0.25) is 0 Å². The number of carbonyl (C=O) groups excluding carboxylic acids is 1. The van der Waals surface area contributed by atoms with E-state index in [0.717, 1.165) is 11.3 Å². The number of benzene rings is 1. The van der Waals surface area contributed by atoms with Crippen LogP contribution in [0, 0.1) is 0 Å². The summed E-state index contributed by atoms with van der Waals surface area (Å²) in [5, 5.41) is 7.99. The molecule has 100 valence electrons. The molecule has 2 rings (SSSR count). The van der Waals surface area contributed by atoms with Crippen molar-refractivity contribution < 1.29 is 4.79 Å². The number of nitrogens with zero attached hydrogens (tertiary/aromatic N) is 3. The highest BCUT2D eigenvalue weighted by molar-refractivity contribution is 5.80. The molecule has 0 saturated heterocycles. The van der Waals surface area contributed by atoms with E-state index in [9.17, 15) is 4.79 Å². The quantitative estimate of drug-likeness (QED) is 0.830. The fourth-order valence-corrected chi connectivity index (χ4v) is 1.75. The average Bonchev–Trinajstić information content (AvgIpc) is 2.80. The van der Waals surface area contributed by atoms with Gasteiger partial charge in [0.15, 0.2) is 5.78 Å². The Hall–Kier alpha value is -2.17. The van der Waals surface area contributed by atoms with E-state index in [2.05, 4.69) is 10.3 Å². The predicted molar refractivity (Wildman–Crippen MR) is 73.7 cm³/mol. The highest BCUT2D eigenvalue weighted by atomic mass is 16.1. The van der Waals surface area contributed by atoms with Gasteiger partial charge >= 0.3 is 0 Å². The second-order valence-electron chi connectivity index (χ2n) is 4.95. The third kappa shape index (κ3) is 3.64. The summed E-state index contributed by atoms with van der Waals surface area (Å²) in [4.78, 5) is 11.9. The molecule has 19 heavy (non-hydrogen) atoms. The number of nitrogens with two attached hydrogens (primary N) is 1. The number of aromatic nitrogens is 3. The van der Waals surface area contributed by atoms with E-state index in [1.54, 1.807) is 16.8 Å². The number of hydrogen-bond acceptors (Lipinski definition) is 4. The van der Waals surface area contributed by atoms with Crippen LogP contribution in [0.15, 0.2) is 30.5 Å². The molecule has 0 saturated carbocycles. The van der Waals surface area contributed by atoms with Gasteiger partial charge in [-0.3, -0.25) is 4.79 Å². The summed E-state index contributed by atoms with van der Waals surface area (Å²) in [5.41, 5.74) is 8.17. The van der Waals surface area contributed by atoms with Gasteiger partial charge in [0, 0.05) is 18.3 Å². The summed E-state index contributed by atoms with van der Waals surface area (Å²) in [5.74, 6) is 0.422. The molecule has 0 aliphatic carbocycles. The van der Waals surface area contributed by atoms with Crippen LogP contribution >= 0.6 is 0 Å². The summed E-state index contributed by atoms with van der Waals surface area (Å²) in [6.45, 7) is 4.35. The Morgan fingerprint density at radius 2 is 2.00 bits per heavy atom. The van der Waals surface area contributed by atoms with Crippen molar-refractivity contribution in [2.24, 2.45) is 0 Å². The molecule has 5 nitrogen and oxygen atoms in total. The molecule has 5 heteroatoms. The Kier molecular flexibility index (Phi) is 3.94. The smallest absolute Gasteiger partial charge is 0.158 e. The number of anilines is 1. The van der Waals surface area contributed by atoms with Gasteiger partial charge in [-0.05, 0) is 23.6 Å². The van der Waals surface area contributed by atoms with Crippen LogP contribution in [0.3, 0.4) is 0 Å². The third-order valence-electron chi connectivity index (χ3n) is 2.87. The van der Waals surface area contributed by atoms with Crippen LogP contribution in [0.4, 0.5) is 5.69 Å². The standard InChI is InChI=1S/C14H18N4O/c1-10(2)14-9-18(17-16-14)8-13(19)7-11-3-5-12(15)6-4-11/h3-6,9-10H,7-8,15H2,1-2H3. The molecular weight excluding hydrogens is 240 g/mol. The average molecular weight is 258 g/mol. The molecule has 0 radical (unpaired) electrons. The number of rotatable bonds is 5. The van der Waals surface area contributed by atoms with Gasteiger partial charge < -0.3 is 5.73 Å². The number of hydrogen-bond donors (Lipinski definition) is 1. The molecule has 0 unspecified atom stereocenters. The zero-order valence-corrected chi connectivity index (χ0v) is 11.2. The van der Waals surface area contributed by atoms with E-state index in [-0.39, 0.29) is 12.3 Å². The van der Waals surface area contributed by atoms with E-state index < -0.39 is 0 Å². The molecule has 0 bridgehead atoms. The summed E-state index contributed by atoms with van der Waals surface area (Å²) in [6, 6.07) is 7.34. The molecule has 0 atom stereocenters. The first-order chi connectivity index (χ1) is 9.04. The fraction of sp³-hybridized carbons (Fsp3) is 0.357. The van der Waals surface area contributed by atoms with Crippen molar-refractivity contribution in [1.82, 2.24) is 15.0 Å². The van der Waals surface area contributed by atoms with Crippen LogP contribution in [0.25, 0.3) is 0 Å². The van der Waals surface area contributed by atoms with E-state index in [0.29, 0.717) is 18.0 Å².